The number of esters is 1. The van der Waals surface area contributed by atoms with Crippen LogP contribution in [0.15, 0.2) is 28.7 Å². The van der Waals surface area contributed by atoms with Gasteiger partial charge in [-0.1, -0.05) is 34.1 Å². The van der Waals surface area contributed by atoms with E-state index in [9.17, 15) is 45.9 Å². The summed E-state index contributed by atoms with van der Waals surface area (Å²) in [4.78, 5) is 62.7. The van der Waals surface area contributed by atoms with Crippen LogP contribution >= 0.6 is 28.6 Å². The second kappa shape index (κ2) is 19.3. The van der Waals surface area contributed by atoms with Gasteiger partial charge in [-0.15, -0.1) is 0 Å². The highest BCUT2D eigenvalue weighted by Crippen LogP contribution is 2.24. The molecule has 270 valence electrons. The van der Waals surface area contributed by atoms with E-state index in [4.69, 9.17) is 9.47 Å². The maximum absolute atomic E-state index is 14.1. The highest BCUT2D eigenvalue weighted by atomic mass is 79.9. The normalized spacial score (nSPS) is 12.4. The van der Waals surface area contributed by atoms with Crippen molar-refractivity contribution in [3.63, 3.8) is 0 Å². The smallest absolute Gasteiger partial charge is 0.408 e. The second-order valence-corrected chi connectivity index (χ2v) is 12.7. The molecule has 0 heterocycles. The monoisotopic (exact) mass is 784 g/mol. The number of hydrogen-bond donors (Lipinski definition) is 5. The van der Waals surface area contributed by atoms with E-state index < -0.39 is 96.0 Å². The summed E-state index contributed by atoms with van der Waals surface area (Å²) in [6.07, 6.45) is -2.25. The SMILES string of the molecule is C[N+](C)(C)CCNC(=O)CNC(=O)C(CS)NC(=O)CCC(NC(=O)OCc1ccccc1Br)C(=O)OCc1c(F)c(F)c(F)c(F)c1F. The van der Waals surface area contributed by atoms with Crippen molar-refractivity contribution in [2.75, 3.05) is 46.5 Å². The lowest BCUT2D eigenvalue weighted by Gasteiger charge is -2.23. The van der Waals surface area contributed by atoms with Crippen LogP contribution in [0.3, 0.4) is 0 Å². The quantitative estimate of drug-likeness (QED) is 0.0414. The minimum Gasteiger partial charge on any atom is -0.459 e. The van der Waals surface area contributed by atoms with Gasteiger partial charge in [0, 0.05) is 22.2 Å². The molecule has 0 radical (unpaired) electrons. The molecule has 0 aliphatic heterocycles. The van der Waals surface area contributed by atoms with Gasteiger partial charge >= 0.3 is 12.1 Å². The summed E-state index contributed by atoms with van der Waals surface area (Å²) < 4.78 is 79.9. The van der Waals surface area contributed by atoms with Crippen LogP contribution in [-0.2, 0) is 41.9 Å². The van der Waals surface area contributed by atoms with Crippen LogP contribution in [0.5, 0.6) is 0 Å². The molecule has 19 heteroatoms. The number of halogens is 6. The van der Waals surface area contributed by atoms with Crippen LogP contribution in [0, 0.1) is 29.1 Å². The predicted octanol–water partition coefficient (Wildman–Crippen LogP) is 2.62. The molecule has 0 spiro atoms. The zero-order valence-electron chi connectivity index (χ0n) is 26.6. The molecule has 12 nitrogen and oxygen atoms in total. The molecule has 0 aromatic heterocycles. The fourth-order valence-electron chi connectivity index (χ4n) is 3.83. The average molecular weight is 786 g/mol. The molecule has 0 aliphatic carbocycles. The van der Waals surface area contributed by atoms with E-state index in [2.05, 4.69) is 49.8 Å². The van der Waals surface area contributed by atoms with Crippen molar-refractivity contribution < 1.29 is 59.9 Å². The zero-order valence-corrected chi connectivity index (χ0v) is 29.1. The standard InChI is InChI=1S/C30H35BrF5N5O7S/c1-41(2,3)11-10-37-22(43)12-38-28(44)20(15-49)39-21(42)9-8-19(40-30(46)48-13-16-6-4-5-7-18(16)31)29(45)47-14-17-23(32)25(34)27(36)26(35)24(17)33/h4-7,19-20H,8-15H2,1-3H3,(H4-,37,38,39,40,42,43,44,46,49)/p+1. The molecular weight excluding hydrogens is 749 g/mol. The van der Waals surface area contributed by atoms with E-state index >= 15 is 0 Å². The molecule has 4 amide bonds. The molecule has 2 atom stereocenters. The predicted molar refractivity (Wildman–Crippen MR) is 171 cm³/mol. The minimum atomic E-state index is -2.41. The largest absolute Gasteiger partial charge is 0.459 e. The van der Waals surface area contributed by atoms with E-state index in [0.717, 1.165) is 0 Å². The van der Waals surface area contributed by atoms with Crippen molar-refractivity contribution in [3.8, 4) is 0 Å². The third kappa shape index (κ3) is 13.5. The molecule has 49 heavy (non-hydrogen) atoms. The maximum Gasteiger partial charge on any atom is 0.408 e. The van der Waals surface area contributed by atoms with Gasteiger partial charge in [0.1, 0.15) is 25.3 Å². The average Bonchev–Trinajstić information content (AvgIpc) is 3.04. The number of alkyl carbamates (subject to hydrolysis) is 1. The first-order valence-electron chi connectivity index (χ1n) is 14.5. The van der Waals surface area contributed by atoms with Crippen molar-refractivity contribution in [1.82, 2.24) is 21.3 Å². The molecule has 2 aromatic carbocycles. The minimum absolute atomic E-state index is 0.187. The van der Waals surface area contributed by atoms with Crippen LogP contribution in [0.4, 0.5) is 26.7 Å². The van der Waals surface area contributed by atoms with Gasteiger partial charge in [0.25, 0.3) is 0 Å². The molecule has 2 aromatic rings. The summed E-state index contributed by atoms with van der Waals surface area (Å²) in [5, 5.41) is 9.52. The van der Waals surface area contributed by atoms with Crippen molar-refractivity contribution >= 4 is 58.3 Å². The summed E-state index contributed by atoms with van der Waals surface area (Å²) in [6.45, 7) is -1.06. The lowest BCUT2D eigenvalue weighted by Crippen LogP contribution is -2.51. The fourth-order valence-corrected chi connectivity index (χ4v) is 4.49. The molecular formula is C30H36BrF5N5O7S+. The number of nitrogens with one attached hydrogen (secondary N) is 4. The van der Waals surface area contributed by atoms with Gasteiger partial charge in [-0.05, 0) is 12.5 Å². The molecule has 0 saturated carbocycles. The van der Waals surface area contributed by atoms with Gasteiger partial charge in [-0.2, -0.15) is 12.6 Å². The molecule has 0 fully saturated rings. The number of rotatable bonds is 17. The van der Waals surface area contributed by atoms with Gasteiger partial charge in [0.15, 0.2) is 23.3 Å². The second-order valence-electron chi connectivity index (χ2n) is 11.4. The topological polar surface area (TPSA) is 152 Å². The number of ether oxygens (including phenoxy) is 2. The van der Waals surface area contributed by atoms with E-state index in [-0.39, 0.29) is 18.9 Å². The lowest BCUT2D eigenvalue weighted by molar-refractivity contribution is -0.869. The third-order valence-electron chi connectivity index (χ3n) is 6.58. The van der Waals surface area contributed by atoms with Gasteiger partial charge in [0.2, 0.25) is 23.5 Å². The number of carbonyl (C=O) groups is 5. The zero-order chi connectivity index (χ0) is 36.9. The van der Waals surface area contributed by atoms with Crippen molar-refractivity contribution in [3.05, 3.63) is 69.0 Å². The Morgan fingerprint density at radius 3 is 2.02 bits per heavy atom. The number of likely N-dealkylation sites (N-methyl/N-ethyl adjacent to an activating group) is 1. The molecule has 2 rings (SSSR count). The Morgan fingerprint density at radius 1 is 0.816 bits per heavy atom. The first kappa shape index (κ1) is 41.2. The highest BCUT2D eigenvalue weighted by Gasteiger charge is 2.29. The van der Waals surface area contributed by atoms with Gasteiger partial charge < -0.3 is 35.2 Å². The number of thiol groups is 1. The number of carbonyl (C=O) groups excluding carboxylic acids is 5. The summed E-state index contributed by atoms with van der Waals surface area (Å²) in [5.41, 5.74) is -0.900. The molecule has 2 unspecified atom stereocenters. The summed E-state index contributed by atoms with van der Waals surface area (Å²) in [5.74, 6) is -15.0. The van der Waals surface area contributed by atoms with Gasteiger partial charge in [0.05, 0.1) is 46.3 Å². The van der Waals surface area contributed by atoms with E-state index in [1.54, 1.807) is 24.3 Å². The number of hydrogen-bond acceptors (Lipinski definition) is 8. The Labute approximate surface area is 292 Å². The maximum atomic E-state index is 14.1. The number of benzene rings is 2. The fraction of sp³-hybridized carbons (Fsp3) is 0.433. The Kier molecular flexibility index (Phi) is 16.2. The number of nitrogens with zero attached hydrogens (tertiary/aromatic N) is 1. The summed E-state index contributed by atoms with van der Waals surface area (Å²) in [6, 6.07) is 3.75. The van der Waals surface area contributed by atoms with E-state index in [1.165, 1.54) is 0 Å². The van der Waals surface area contributed by atoms with Crippen LogP contribution < -0.4 is 21.3 Å². The van der Waals surface area contributed by atoms with Crippen LogP contribution in [0.25, 0.3) is 0 Å². The first-order chi connectivity index (χ1) is 22.9. The Bertz CT molecular complexity index is 1500. The van der Waals surface area contributed by atoms with E-state index in [0.29, 0.717) is 27.6 Å². The van der Waals surface area contributed by atoms with Crippen LogP contribution in [-0.4, -0.2) is 92.9 Å². The third-order valence-corrected chi connectivity index (χ3v) is 7.71. The Morgan fingerprint density at radius 2 is 1.43 bits per heavy atom. The van der Waals surface area contributed by atoms with Crippen molar-refractivity contribution in [2.45, 2.75) is 38.1 Å². The molecule has 4 N–H and O–H groups in total. The van der Waals surface area contributed by atoms with Crippen LogP contribution in [0.1, 0.15) is 24.0 Å². The Hall–Kier alpha value is -3.97. The lowest BCUT2D eigenvalue weighted by atomic mass is 10.1. The summed E-state index contributed by atoms with van der Waals surface area (Å²) in [7, 11) is 5.81. The number of quaternary nitrogens is 1. The van der Waals surface area contributed by atoms with Crippen LogP contribution in [0.2, 0.25) is 0 Å². The van der Waals surface area contributed by atoms with E-state index in [1.807, 2.05) is 21.1 Å². The van der Waals surface area contributed by atoms with Crippen molar-refractivity contribution in [1.29, 1.82) is 0 Å². The number of amides is 4. The molecule has 0 saturated heterocycles. The van der Waals surface area contributed by atoms with Crippen molar-refractivity contribution in [2.24, 2.45) is 0 Å². The Balaban J connectivity index is 2.06. The first-order valence-corrected chi connectivity index (χ1v) is 16.0. The molecule has 0 aliphatic rings. The van der Waals surface area contributed by atoms with Gasteiger partial charge in [-0.25, -0.2) is 31.5 Å². The highest BCUT2D eigenvalue weighted by molar-refractivity contribution is 9.10. The van der Waals surface area contributed by atoms with Gasteiger partial charge in [-0.3, -0.25) is 14.4 Å². The molecule has 0 bridgehead atoms. The summed E-state index contributed by atoms with van der Waals surface area (Å²) >= 11 is 7.32.